The number of rotatable bonds is 4. The minimum atomic E-state index is -0.627. The molecule has 0 bridgehead atoms. The summed E-state index contributed by atoms with van der Waals surface area (Å²) in [5.74, 6) is 0.553. The molecule has 0 saturated heterocycles. The normalized spacial score (nSPS) is 15.5. The Balaban J connectivity index is 2.73. The lowest BCUT2D eigenvalue weighted by atomic mass is 10.1. The fourth-order valence-electron chi connectivity index (χ4n) is 1.19. The number of aliphatic hydroxyl groups excluding tert-OH is 1. The van der Waals surface area contributed by atoms with Crippen molar-refractivity contribution in [1.82, 2.24) is 5.32 Å². The van der Waals surface area contributed by atoms with Gasteiger partial charge in [0.2, 0.25) is 0 Å². The first-order chi connectivity index (χ1) is 6.56. The van der Waals surface area contributed by atoms with Crippen LogP contribution in [0.5, 0.6) is 0 Å². The second-order valence-electron chi connectivity index (χ2n) is 3.06. The summed E-state index contributed by atoms with van der Waals surface area (Å²) < 4.78 is 6.75. The molecular weight excluding hydrogens is 314 g/mol. The Bertz CT molecular complexity index is 282. The number of hydrogen-bond donors (Lipinski definition) is 2. The van der Waals surface area contributed by atoms with Crippen LogP contribution >= 0.6 is 31.9 Å². The predicted octanol–water partition coefficient (Wildman–Crippen LogP) is 2.84. The molecule has 14 heavy (non-hydrogen) atoms. The topological polar surface area (TPSA) is 45.4 Å². The van der Waals surface area contributed by atoms with E-state index in [0.29, 0.717) is 10.4 Å². The van der Waals surface area contributed by atoms with Crippen molar-refractivity contribution >= 4 is 31.9 Å². The highest BCUT2D eigenvalue weighted by Crippen LogP contribution is 2.30. The highest BCUT2D eigenvalue weighted by molar-refractivity contribution is 9.13. The summed E-state index contributed by atoms with van der Waals surface area (Å²) in [5.41, 5.74) is 0. The van der Waals surface area contributed by atoms with Crippen molar-refractivity contribution in [3.8, 4) is 0 Å². The van der Waals surface area contributed by atoms with Crippen LogP contribution < -0.4 is 5.32 Å². The standard InChI is InChI=1S/C9H13Br2NO2/c1-3-12-5(2)8(13)7-4-6(10)9(11)14-7/h4-5,8,12-13H,3H2,1-2H3. The first-order valence-corrected chi connectivity index (χ1v) is 6.01. The Morgan fingerprint density at radius 3 is 2.64 bits per heavy atom. The zero-order chi connectivity index (χ0) is 10.7. The van der Waals surface area contributed by atoms with E-state index in [-0.39, 0.29) is 6.04 Å². The maximum Gasteiger partial charge on any atom is 0.183 e. The third-order valence-corrected chi connectivity index (χ3v) is 3.67. The Morgan fingerprint density at radius 2 is 2.21 bits per heavy atom. The summed E-state index contributed by atoms with van der Waals surface area (Å²) in [5, 5.41) is 13.0. The van der Waals surface area contributed by atoms with Gasteiger partial charge in [-0.15, -0.1) is 0 Å². The number of hydrogen-bond acceptors (Lipinski definition) is 3. The molecule has 0 aliphatic carbocycles. The van der Waals surface area contributed by atoms with E-state index in [1.165, 1.54) is 0 Å². The molecule has 0 spiro atoms. The quantitative estimate of drug-likeness (QED) is 0.894. The van der Waals surface area contributed by atoms with Crippen LogP contribution in [0.4, 0.5) is 0 Å². The maximum absolute atomic E-state index is 9.86. The van der Waals surface area contributed by atoms with Crippen LogP contribution in [-0.4, -0.2) is 17.7 Å². The average molecular weight is 327 g/mol. The van der Waals surface area contributed by atoms with Crippen molar-refractivity contribution in [2.45, 2.75) is 26.0 Å². The van der Waals surface area contributed by atoms with E-state index in [0.717, 1.165) is 11.0 Å². The van der Waals surface area contributed by atoms with Crippen LogP contribution in [0, 0.1) is 0 Å². The van der Waals surface area contributed by atoms with Gasteiger partial charge >= 0.3 is 0 Å². The number of nitrogens with one attached hydrogen (secondary N) is 1. The lowest BCUT2D eigenvalue weighted by Crippen LogP contribution is -2.31. The van der Waals surface area contributed by atoms with E-state index in [2.05, 4.69) is 37.2 Å². The molecule has 0 fully saturated rings. The van der Waals surface area contributed by atoms with E-state index < -0.39 is 6.10 Å². The van der Waals surface area contributed by atoms with Gasteiger partial charge < -0.3 is 14.8 Å². The van der Waals surface area contributed by atoms with Gasteiger partial charge in [-0.1, -0.05) is 6.92 Å². The minimum absolute atomic E-state index is 0.0232. The Hall–Kier alpha value is 0.160. The predicted molar refractivity (Wildman–Crippen MR) is 62.2 cm³/mol. The van der Waals surface area contributed by atoms with Crippen LogP contribution in [-0.2, 0) is 0 Å². The molecule has 0 aromatic carbocycles. The van der Waals surface area contributed by atoms with E-state index in [9.17, 15) is 5.11 Å². The van der Waals surface area contributed by atoms with Crippen molar-refractivity contribution in [1.29, 1.82) is 0 Å². The SMILES string of the molecule is CCNC(C)C(O)c1cc(Br)c(Br)o1. The molecule has 0 saturated carbocycles. The van der Waals surface area contributed by atoms with E-state index in [1.807, 2.05) is 13.8 Å². The lowest BCUT2D eigenvalue weighted by Gasteiger charge is -2.17. The van der Waals surface area contributed by atoms with E-state index in [1.54, 1.807) is 6.07 Å². The second-order valence-corrected chi connectivity index (χ2v) is 4.64. The third kappa shape index (κ3) is 2.82. The van der Waals surface area contributed by atoms with Crippen LogP contribution in [0.1, 0.15) is 25.7 Å². The lowest BCUT2D eigenvalue weighted by molar-refractivity contribution is 0.112. The van der Waals surface area contributed by atoms with Gasteiger partial charge in [0, 0.05) is 6.04 Å². The molecule has 1 rings (SSSR count). The summed E-state index contributed by atoms with van der Waals surface area (Å²) in [6, 6.07) is 1.74. The van der Waals surface area contributed by atoms with Gasteiger partial charge in [0.05, 0.1) is 4.47 Å². The molecule has 0 aliphatic heterocycles. The molecule has 1 aromatic heterocycles. The van der Waals surface area contributed by atoms with Gasteiger partial charge in [0.15, 0.2) is 4.67 Å². The number of aliphatic hydroxyl groups is 1. The van der Waals surface area contributed by atoms with Crippen LogP contribution in [0.25, 0.3) is 0 Å². The summed E-state index contributed by atoms with van der Waals surface area (Å²) in [4.78, 5) is 0. The molecule has 2 unspecified atom stereocenters. The zero-order valence-electron chi connectivity index (χ0n) is 8.05. The van der Waals surface area contributed by atoms with Gasteiger partial charge in [-0.3, -0.25) is 0 Å². The zero-order valence-corrected chi connectivity index (χ0v) is 11.2. The number of likely N-dealkylation sites (N-methyl/N-ethyl adjacent to an activating group) is 1. The molecule has 80 valence electrons. The second kappa shape index (κ2) is 5.30. The van der Waals surface area contributed by atoms with Gasteiger partial charge in [-0.25, -0.2) is 0 Å². The fourth-order valence-corrected chi connectivity index (χ4v) is 1.80. The third-order valence-electron chi connectivity index (χ3n) is 1.96. The Kier molecular flexibility index (Phi) is 4.63. The van der Waals surface area contributed by atoms with Gasteiger partial charge in [-0.2, -0.15) is 0 Å². The monoisotopic (exact) mass is 325 g/mol. The summed E-state index contributed by atoms with van der Waals surface area (Å²) >= 11 is 6.53. The molecule has 5 heteroatoms. The van der Waals surface area contributed by atoms with Gasteiger partial charge in [0.1, 0.15) is 11.9 Å². The van der Waals surface area contributed by atoms with Gasteiger partial charge in [0.25, 0.3) is 0 Å². The summed E-state index contributed by atoms with van der Waals surface area (Å²) in [6.45, 7) is 4.73. The molecule has 2 N–H and O–H groups in total. The average Bonchev–Trinajstić information content (AvgIpc) is 2.46. The molecule has 0 radical (unpaired) electrons. The van der Waals surface area contributed by atoms with Crippen molar-refractivity contribution in [3.63, 3.8) is 0 Å². The van der Waals surface area contributed by atoms with Crippen LogP contribution in [0.2, 0.25) is 0 Å². The van der Waals surface area contributed by atoms with Crippen molar-refractivity contribution in [3.05, 3.63) is 21.0 Å². The largest absolute Gasteiger partial charge is 0.450 e. The van der Waals surface area contributed by atoms with Crippen LogP contribution in [0.15, 0.2) is 19.6 Å². The molecular formula is C9H13Br2NO2. The fraction of sp³-hybridized carbons (Fsp3) is 0.556. The molecule has 0 aliphatic rings. The molecule has 2 atom stereocenters. The Labute approximate surface area is 100 Å². The molecule has 1 heterocycles. The van der Waals surface area contributed by atoms with Crippen molar-refractivity contribution < 1.29 is 9.52 Å². The molecule has 3 nitrogen and oxygen atoms in total. The van der Waals surface area contributed by atoms with Gasteiger partial charge in [-0.05, 0) is 51.4 Å². The summed E-state index contributed by atoms with van der Waals surface area (Å²) in [6.07, 6.45) is -0.627. The smallest absolute Gasteiger partial charge is 0.183 e. The van der Waals surface area contributed by atoms with E-state index in [4.69, 9.17) is 4.42 Å². The van der Waals surface area contributed by atoms with Crippen LogP contribution in [0.3, 0.4) is 0 Å². The first-order valence-electron chi connectivity index (χ1n) is 4.42. The summed E-state index contributed by atoms with van der Waals surface area (Å²) in [7, 11) is 0. The molecule has 0 amide bonds. The molecule has 1 aromatic rings. The number of furan rings is 1. The Morgan fingerprint density at radius 1 is 1.57 bits per heavy atom. The highest BCUT2D eigenvalue weighted by atomic mass is 79.9. The minimum Gasteiger partial charge on any atom is -0.450 e. The maximum atomic E-state index is 9.86. The highest BCUT2D eigenvalue weighted by Gasteiger charge is 2.20. The first kappa shape index (κ1) is 12.2. The number of halogens is 2. The van der Waals surface area contributed by atoms with Crippen molar-refractivity contribution in [2.75, 3.05) is 6.54 Å². The van der Waals surface area contributed by atoms with Crippen molar-refractivity contribution in [2.24, 2.45) is 0 Å². The van der Waals surface area contributed by atoms with E-state index >= 15 is 0 Å².